The second-order valence-electron chi connectivity index (χ2n) is 6.19. The van der Waals surface area contributed by atoms with Crippen LogP contribution in [0.4, 0.5) is 11.4 Å². The van der Waals surface area contributed by atoms with Crippen molar-refractivity contribution < 1.29 is 0 Å². The van der Waals surface area contributed by atoms with E-state index in [0.717, 1.165) is 15.8 Å². The normalized spacial score (nSPS) is 10.6. The van der Waals surface area contributed by atoms with Gasteiger partial charge in [0.25, 0.3) is 0 Å². The van der Waals surface area contributed by atoms with E-state index in [4.69, 9.17) is 12.2 Å². The number of hydrogen-bond acceptors (Lipinski definition) is 1. The third-order valence-electron chi connectivity index (χ3n) is 4.35. The summed E-state index contributed by atoms with van der Waals surface area (Å²) < 4.78 is 1.04. The molecule has 4 aromatic carbocycles. The van der Waals surface area contributed by atoms with E-state index in [9.17, 15) is 0 Å². The van der Waals surface area contributed by atoms with Crippen LogP contribution in [-0.2, 0) is 0 Å². The van der Waals surface area contributed by atoms with Gasteiger partial charge in [0, 0.05) is 15.8 Å². The molecule has 132 valence electrons. The van der Waals surface area contributed by atoms with Gasteiger partial charge in [-0.25, -0.2) is 0 Å². The molecule has 4 rings (SSSR count). The van der Waals surface area contributed by atoms with Crippen LogP contribution in [0.15, 0.2) is 95.5 Å². The van der Waals surface area contributed by atoms with Crippen molar-refractivity contribution in [2.24, 2.45) is 0 Å². The zero-order valence-corrected chi connectivity index (χ0v) is 16.8. The van der Waals surface area contributed by atoms with Crippen molar-refractivity contribution in [3.8, 4) is 11.1 Å². The fraction of sp³-hybridized carbons (Fsp3) is 0. The average Bonchev–Trinajstić information content (AvgIpc) is 2.70. The Bertz CT molecular complexity index is 1080. The zero-order chi connectivity index (χ0) is 18.6. The van der Waals surface area contributed by atoms with Crippen molar-refractivity contribution in [2.75, 3.05) is 10.6 Å². The molecule has 0 fully saturated rings. The summed E-state index contributed by atoms with van der Waals surface area (Å²) in [5.41, 5.74) is 4.32. The summed E-state index contributed by atoms with van der Waals surface area (Å²) in [6, 6.07) is 31.1. The largest absolute Gasteiger partial charge is 0.332 e. The van der Waals surface area contributed by atoms with E-state index in [0.29, 0.717) is 5.11 Å². The van der Waals surface area contributed by atoms with Crippen LogP contribution < -0.4 is 10.6 Å². The SMILES string of the molecule is S=C(Nc1ccc(Br)cc1)Nc1ccc(-c2cccc3ccccc23)cc1. The number of benzene rings is 4. The summed E-state index contributed by atoms with van der Waals surface area (Å²) in [6.45, 7) is 0. The standard InChI is InChI=1S/C23H17BrN2S/c24-18-10-14-20(15-11-18)26-23(27)25-19-12-8-17(9-13-19)22-7-3-5-16-4-1-2-6-21(16)22/h1-15H,(H2,25,26,27). The maximum absolute atomic E-state index is 5.41. The van der Waals surface area contributed by atoms with Crippen molar-refractivity contribution >= 4 is 55.4 Å². The van der Waals surface area contributed by atoms with E-state index in [1.54, 1.807) is 0 Å². The summed E-state index contributed by atoms with van der Waals surface area (Å²) in [6.07, 6.45) is 0. The van der Waals surface area contributed by atoms with Crippen LogP contribution in [0.3, 0.4) is 0 Å². The van der Waals surface area contributed by atoms with Gasteiger partial charge in [0.15, 0.2) is 5.11 Å². The summed E-state index contributed by atoms with van der Waals surface area (Å²) >= 11 is 8.84. The molecule has 0 aromatic heterocycles. The van der Waals surface area contributed by atoms with E-state index >= 15 is 0 Å². The quantitative estimate of drug-likeness (QED) is 0.338. The highest BCUT2D eigenvalue weighted by Crippen LogP contribution is 2.29. The smallest absolute Gasteiger partial charge is 0.175 e. The molecule has 0 bridgehead atoms. The first kappa shape index (κ1) is 17.7. The molecule has 27 heavy (non-hydrogen) atoms. The second-order valence-corrected chi connectivity index (χ2v) is 7.51. The number of hydrogen-bond donors (Lipinski definition) is 2. The Hall–Kier alpha value is -2.69. The molecule has 0 saturated heterocycles. The maximum Gasteiger partial charge on any atom is 0.175 e. The molecule has 0 amide bonds. The monoisotopic (exact) mass is 432 g/mol. The van der Waals surface area contributed by atoms with Gasteiger partial charge in [-0.2, -0.15) is 0 Å². The predicted molar refractivity (Wildman–Crippen MR) is 123 cm³/mol. The lowest BCUT2D eigenvalue weighted by Crippen LogP contribution is -2.18. The van der Waals surface area contributed by atoms with Gasteiger partial charge in [-0.05, 0) is 70.5 Å². The van der Waals surface area contributed by atoms with Gasteiger partial charge in [-0.15, -0.1) is 0 Å². The molecule has 2 N–H and O–H groups in total. The van der Waals surface area contributed by atoms with Gasteiger partial charge in [0.1, 0.15) is 0 Å². The molecule has 0 saturated carbocycles. The molecule has 0 spiro atoms. The number of nitrogens with one attached hydrogen (secondary N) is 2. The average molecular weight is 433 g/mol. The lowest BCUT2D eigenvalue weighted by molar-refractivity contribution is 1.58. The molecular weight excluding hydrogens is 416 g/mol. The lowest BCUT2D eigenvalue weighted by Gasteiger charge is -2.12. The summed E-state index contributed by atoms with van der Waals surface area (Å²) in [5, 5.41) is 9.49. The molecule has 4 aromatic rings. The van der Waals surface area contributed by atoms with Gasteiger partial charge >= 0.3 is 0 Å². The molecule has 4 heteroatoms. The van der Waals surface area contributed by atoms with Crippen LogP contribution in [0.5, 0.6) is 0 Å². The molecular formula is C23H17BrN2S. The highest BCUT2D eigenvalue weighted by Gasteiger charge is 2.04. The first-order valence-electron chi connectivity index (χ1n) is 8.61. The Kier molecular flexibility index (Phi) is 5.19. The minimum Gasteiger partial charge on any atom is -0.332 e. The van der Waals surface area contributed by atoms with Crippen molar-refractivity contribution in [1.82, 2.24) is 0 Å². The molecule has 0 atom stereocenters. The van der Waals surface area contributed by atoms with E-state index in [2.05, 4.69) is 81.2 Å². The summed E-state index contributed by atoms with van der Waals surface area (Å²) in [7, 11) is 0. The Morgan fingerprint density at radius 1 is 0.667 bits per heavy atom. The van der Waals surface area contributed by atoms with Crippen molar-refractivity contribution in [3.63, 3.8) is 0 Å². The third-order valence-corrected chi connectivity index (χ3v) is 5.08. The van der Waals surface area contributed by atoms with Gasteiger partial charge in [0.2, 0.25) is 0 Å². The first-order valence-corrected chi connectivity index (χ1v) is 9.81. The van der Waals surface area contributed by atoms with E-state index in [1.165, 1.54) is 21.9 Å². The van der Waals surface area contributed by atoms with Crippen molar-refractivity contribution in [2.45, 2.75) is 0 Å². The molecule has 0 aliphatic carbocycles. The number of fused-ring (bicyclic) bond motifs is 1. The van der Waals surface area contributed by atoms with Crippen LogP contribution in [0.2, 0.25) is 0 Å². The molecule has 0 heterocycles. The van der Waals surface area contributed by atoms with Gasteiger partial charge < -0.3 is 10.6 Å². The Morgan fingerprint density at radius 2 is 1.26 bits per heavy atom. The van der Waals surface area contributed by atoms with Crippen LogP contribution in [0.1, 0.15) is 0 Å². The zero-order valence-electron chi connectivity index (χ0n) is 14.4. The molecule has 0 aliphatic rings. The Labute approximate surface area is 172 Å². The van der Waals surface area contributed by atoms with Crippen LogP contribution >= 0.6 is 28.1 Å². The highest BCUT2D eigenvalue weighted by atomic mass is 79.9. The van der Waals surface area contributed by atoms with Gasteiger partial charge in [-0.1, -0.05) is 70.5 Å². The van der Waals surface area contributed by atoms with Crippen LogP contribution in [0.25, 0.3) is 21.9 Å². The molecule has 0 radical (unpaired) electrons. The lowest BCUT2D eigenvalue weighted by atomic mass is 9.98. The van der Waals surface area contributed by atoms with E-state index in [1.807, 2.05) is 36.4 Å². The second kappa shape index (κ2) is 7.91. The van der Waals surface area contributed by atoms with Crippen LogP contribution in [-0.4, -0.2) is 5.11 Å². The Balaban J connectivity index is 1.50. The molecule has 0 unspecified atom stereocenters. The minimum absolute atomic E-state index is 0.565. The van der Waals surface area contributed by atoms with Gasteiger partial charge in [-0.3, -0.25) is 0 Å². The fourth-order valence-electron chi connectivity index (χ4n) is 3.04. The summed E-state index contributed by atoms with van der Waals surface area (Å²) in [5.74, 6) is 0. The Morgan fingerprint density at radius 3 is 1.96 bits per heavy atom. The fourth-order valence-corrected chi connectivity index (χ4v) is 3.54. The number of halogens is 1. The van der Waals surface area contributed by atoms with Crippen molar-refractivity contribution in [3.05, 3.63) is 95.5 Å². The highest BCUT2D eigenvalue weighted by molar-refractivity contribution is 9.10. The number of rotatable bonds is 3. The van der Waals surface area contributed by atoms with Crippen molar-refractivity contribution in [1.29, 1.82) is 0 Å². The predicted octanol–water partition coefficient (Wildman–Crippen LogP) is 7.08. The minimum atomic E-state index is 0.565. The van der Waals surface area contributed by atoms with Gasteiger partial charge in [0.05, 0.1) is 0 Å². The summed E-state index contributed by atoms with van der Waals surface area (Å²) in [4.78, 5) is 0. The van der Waals surface area contributed by atoms with E-state index < -0.39 is 0 Å². The third kappa shape index (κ3) is 4.18. The number of anilines is 2. The topological polar surface area (TPSA) is 24.1 Å². The van der Waals surface area contributed by atoms with Crippen LogP contribution in [0, 0.1) is 0 Å². The number of thiocarbonyl (C=S) groups is 1. The van der Waals surface area contributed by atoms with E-state index in [-0.39, 0.29) is 0 Å². The maximum atomic E-state index is 5.41. The first-order chi connectivity index (χ1) is 13.2. The molecule has 2 nitrogen and oxygen atoms in total. The molecule has 0 aliphatic heterocycles.